The quantitative estimate of drug-likeness (QED) is 0.752. The number of hydrogen-bond acceptors (Lipinski definition) is 1. The number of rotatable bonds is 3. The van der Waals surface area contributed by atoms with Gasteiger partial charge in [-0.2, -0.15) is 0 Å². The fourth-order valence-electron chi connectivity index (χ4n) is 1.98. The molecule has 1 atom stereocenters. The predicted molar refractivity (Wildman–Crippen MR) is 64.9 cm³/mol. The lowest BCUT2D eigenvalue weighted by molar-refractivity contribution is 0.449. The molecule has 0 radical (unpaired) electrons. The predicted octanol–water partition coefficient (Wildman–Crippen LogP) is 2.97. The SMILES string of the molecule is CN(C)CC1=CC(c2ccccc2F)C=C1. The first-order valence-corrected chi connectivity index (χ1v) is 5.45. The van der Waals surface area contributed by atoms with Crippen molar-refractivity contribution in [2.45, 2.75) is 5.92 Å². The minimum atomic E-state index is -0.125. The minimum Gasteiger partial charge on any atom is -0.305 e. The van der Waals surface area contributed by atoms with E-state index in [4.69, 9.17) is 0 Å². The smallest absolute Gasteiger partial charge is 0.127 e. The van der Waals surface area contributed by atoms with Gasteiger partial charge in [-0.3, -0.25) is 0 Å². The molecule has 1 aliphatic rings. The van der Waals surface area contributed by atoms with Crippen molar-refractivity contribution in [2.75, 3.05) is 20.6 Å². The van der Waals surface area contributed by atoms with E-state index >= 15 is 0 Å². The van der Waals surface area contributed by atoms with Crippen molar-refractivity contribution in [3.05, 3.63) is 59.4 Å². The molecule has 1 nitrogen and oxygen atoms in total. The van der Waals surface area contributed by atoms with Crippen LogP contribution in [0.15, 0.2) is 48.1 Å². The van der Waals surface area contributed by atoms with Gasteiger partial charge in [-0.25, -0.2) is 4.39 Å². The first kappa shape index (κ1) is 11.1. The Morgan fingerprint density at radius 1 is 1.25 bits per heavy atom. The minimum absolute atomic E-state index is 0.0937. The summed E-state index contributed by atoms with van der Waals surface area (Å²) < 4.78 is 13.6. The molecular weight excluding hydrogens is 201 g/mol. The summed E-state index contributed by atoms with van der Waals surface area (Å²) in [6, 6.07) is 6.96. The highest BCUT2D eigenvalue weighted by atomic mass is 19.1. The molecule has 0 fully saturated rings. The summed E-state index contributed by atoms with van der Waals surface area (Å²) in [6.45, 7) is 0.904. The highest BCUT2D eigenvalue weighted by Gasteiger charge is 2.14. The van der Waals surface area contributed by atoms with Crippen LogP contribution in [0.3, 0.4) is 0 Å². The molecule has 84 valence electrons. The van der Waals surface area contributed by atoms with Crippen LogP contribution in [0.25, 0.3) is 0 Å². The maximum atomic E-state index is 13.6. The van der Waals surface area contributed by atoms with Crippen LogP contribution < -0.4 is 0 Å². The highest BCUT2D eigenvalue weighted by Crippen LogP contribution is 2.28. The first-order chi connectivity index (χ1) is 7.66. The van der Waals surface area contributed by atoms with Crippen LogP contribution in [-0.4, -0.2) is 25.5 Å². The van der Waals surface area contributed by atoms with Crippen molar-refractivity contribution in [1.82, 2.24) is 4.90 Å². The molecule has 2 rings (SSSR count). The second kappa shape index (κ2) is 4.62. The molecule has 0 aliphatic heterocycles. The Morgan fingerprint density at radius 2 is 2.00 bits per heavy atom. The van der Waals surface area contributed by atoms with E-state index in [2.05, 4.69) is 23.1 Å². The number of likely N-dealkylation sites (N-methyl/N-ethyl adjacent to an activating group) is 1. The van der Waals surface area contributed by atoms with Crippen LogP contribution in [0.4, 0.5) is 4.39 Å². The summed E-state index contributed by atoms with van der Waals surface area (Å²) in [5, 5.41) is 0. The maximum absolute atomic E-state index is 13.6. The molecule has 0 spiro atoms. The van der Waals surface area contributed by atoms with Crippen LogP contribution in [0.2, 0.25) is 0 Å². The van der Waals surface area contributed by atoms with E-state index in [1.807, 2.05) is 26.2 Å². The zero-order chi connectivity index (χ0) is 11.5. The maximum Gasteiger partial charge on any atom is 0.127 e. The molecule has 0 saturated carbocycles. The molecule has 0 heterocycles. The van der Waals surface area contributed by atoms with Crippen molar-refractivity contribution in [2.24, 2.45) is 0 Å². The number of benzene rings is 1. The van der Waals surface area contributed by atoms with Gasteiger partial charge in [-0.15, -0.1) is 0 Å². The molecule has 0 amide bonds. The van der Waals surface area contributed by atoms with Gasteiger partial charge in [-0.05, 0) is 31.3 Å². The van der Waals surface area contributed by atoms with Gasteiger partial charge in [0.2, 0.25) is 0 Å². The van der Waals surface area contributed by atoms with E-state index in [0.29, 0.717) is 0 Å². The number of allylic oxidation sites excluding steroid dienone is 2. The summed E-state index contributed by atoms with van der Waals surface area (Å²) in [6.07, 6.45) is 6.26. The summed E-state index contributed by atoms with van der Waals surface area (Å²) in [4.78, 5) is 2.11. The Kier molecular flexibility index (Phi) is 3.20. The lowest BCUT2D eigenvalue weighted by atomic mass is 10.0. The van der Waals surface area contributed by atoms with E-state index in [0.717, 1.165) is 12.1 Å². The van der Waals surface area contributed by atoms with E-state index in [-0.39, 0.29) is 11.7 Å². The van der Waals surface area contributed by atoms with Crippen molar-refractivity contribution >= 4 is 0 Å². The monoisotopic (exact) mass is 217 g/mol. The summed E-state index contributed by atoms with van der Waals surface area (Å²) in [5.74, 6) is -0.0318. The van der Waals surface area contributed by atoms with E-state index in [9.17, 15) is 4.39 Å². The molecule has 0 N–H and O–H groups in total. The van der Waals surface area contributed by atoms with E-state index in [1.54, 1.807) is 6.07 Å². The van der Waals surface area contributed by atoms with Crippen LogP contribution in [0, 0.1) is 5.82 Å². The molecular formula is C14H16FN. The van der Waals surface area contributed by atoms with Gasteiger partial charge in [0.15, 0.2) is 0 Å². The van der Waals surface area contributed by atoms with Gasteiger partial charge in [0.05, 0.1) is 0 Å². The third-order valence-electron chi connectivity index (χ3n) is 2.67. The molecule has 0 bridgehead atoms. The summed E-state index contributed by atoms with van der Waals surface area (Å²) >= 11 is 0. The highest BCUT2D eigenvalue weighted by molar-refractivity contribution is 5.40. The Bertz CT molecular complexity index is 432. The van der Waals surface area contributed by atoms with E-state index < -0.39 is 0 Å². The fourth-order valence-corrected chi connectivity index (χ4v) is 1.98. The first-order valence-electron chi connectivity index (χ1n) is 5.45. The topological polar surface area (TPSA) is 3.24 Å². The molecule has 1 aromatic carbocycles. The zero-order valence-electron chi connectivity index (χ0n) is 9.65. The van der Waals surface area contributed by atoms with Gasteiger partial charge >= 0.3 is 0 Å². The molecule has 0 aromatic heterocycles. The zero-order valence-corrected chi connectivity index (χ0v) is 9.65. The van der Waals surface area contributed by atoms with Crippen LogP contribution in [-0.2, 0) is 0 Å². The molecule has 2 heteroatoms. The average Bonchev–Trinajstić information content (AvgIpc) is 2.66. The molecule has 1 aromatic rings. The van der Waals surface area contributed by atoms with E-state index in [1.165, 1.54) is 11.6 Å². The summed E-state index contributed by atoms with van der Waals surface area (Å²) in [7, 11) is 4.07. The third kappa shape index (κ3) is 2.39. The van der Waals surface area contributed by atoms with Crippen molar-refractivity contribution < 1.29 is 4.39 Å². The van der Waals surface area contributed by atoms with Crippen LogP contribution in [0.1, 0.15) is 11.5 Å². The lowest BCUT2D eigenvalue weighted by Gasteiger charge is -2.09. The van der Waals surface area contributed by atoms with Crippen LogP contribution >= 0.6 is 0 Å². The Hall–Kier alpha value is -1.41. The average molecular weight is 217 g/mol. The Morgan fingerprint density at radius 3 is 2.69 bits per heavy atom. The van der Waals surface area contributed by atoms with Gasteiger partial charge < -0.3 is 4.90 Å². The van der Waals surface area contributed by atoms with Gasteiger partial charge in [-0.1, -0.05) is 36.4 Å². The number of halogens is 1. The van der Waals surface area contributed by atoms with Crippen molar-refractivity contribution in [1.29, 1.82) is 0 Å². The van der Waals surface area contributed by atoms with Crippen molar-refractivity contribution in [3.8, 4) is 0 Å². The van der Waals surface area contributed by atoms with Gasteiger partial charge in [0, 0.05) is 12.5 Å². The molecule has 0 saturated heterocycles. The van der Waals surface area contributed by atoms with Crippen LogP contribution in [0.5, 0.6) is 0 Å². The Balaban J connectivity index is 2.18. The normalized spacial score (nSPS) is 19.2. The second-order valence-electron chi connectivity index (χ2n) is 4.39. The third-order valence-corrected chi connectivity index (χ3v) is 2.67. The summed E-state index contributed by atoms with van der Waals surface area (Å²) in [5.41, 5.74) is 2.01. The Labute approximate surface area is 95.9 Å². The second-order valence-corrected chi connectivity index (χ2v) is 4.39. The van der Waals surface area contributed by atoms with Crippen molar-refractivity contribution in [3.63, 3.8) is 0 Å². The standard InChI is InChI=1S/C14H16FN/c1-16(2)10-11-7-8-12(9-11)13-5-3-4-6-14(13)15/h3-9,12H,10H2,1-2H3. The lowest BCUT2D eigenvalue weighted by Crippen LogP contribution is -2.13. The largest absolute Gasteiger partial charge is 0.305 e. The molecule has 16 heavy (non-hydrogen) atoms. The fraction of sp³-hybridized carbons (Fsp3) is 0.286. The van der Waals surface area contributed by atoms with Gasteiger partial charge in [0.25, 0.3) is 0 Å². The number of hydrogen-bond donors (Lipinski definition) is 0. The molecule has 1 unspecified atom stereocenters. The van der Waals surface area contributed by atoms with Gasteiger partial charge in [0.1, 0.15) is 5.82 Å². The molecule has 1 aliphatic carbocycles. The number of nitrogens with zero attached hydrogens (tertiary/aromatic N) is 1.